The number of nitrogens with one attached hydrogen (secondary N) is 2. The number of anilines is 2. The van der Waals surface area contributed by atoms with Crippen molar-refractivity contribution in [3.05, 3.63) is 101 Å². The molecule has 0 saturated carbocycles. The van der Waals surface area contributed by atoms with E-state index in [1.807, 2.05) is 79.4 Å². The van der Waals surface area contributed by atoms with Crippen LogP contribution in [0.25, 0.3) is 5.69 Å². The average Bonchev–Trinajstić information content (AvgIpc) is 3.38. The smallest absolute Gasteiger partial charge is 0.324 e. The van der Waals surface area contributed by atoms with Gasteiger partial charge in [0.15, 0.2) is 0 Å². The number of piperidine rings is 1. The summed E-state index contributed by atoms with van der Waals surface area (Å²) in [6.07, 6.45) is 2.78. The summed E-state index contributed by atoms with van der Waals surface area (Å²) in [6.45, 7) is 11.7. The summed E-state index contributed by atoms with van der Waals surface area (Å²) in [4.78, 5) is 32.3. The Labute approximate surface area is 248 Å². The van der Waals surface area contributed by atoms with E-state index in [9.17, 15) is 9.59 Å². The van der Waals surface area contributed by atoms with Crippen molar-refractivity contribution >= 4 is 23.4 Å². The van der Waals surface area contributed by atoms with Crippen LogP contribution < -0.4 is 10.6 Å². The summed E-state index contributed by atoms with van der Waals surface area (Å²) in [5, 5.41) is 10.8. The van der Waals surface area contributed by atoms with Crippen LogP contribution in [-0.2, 0) is 11.8 Å². The molecule has 0 spiro atoms. The predicted molar refractivity (Wildman–Crippen MR) is 167 cm³/mol. The number of carbonyl (C=O) groups excluding carboxylic acids is 2. The van der Waals surface area contributed by atoms with Crippen molar-refractivity contribution in [1.29, 1.82) is 0 Å². The lowest BCUT2D eigenvalue weighted by atomic mass is 9.90. The lowest BCUT2D eigenvalue weighted by molar-refractivity contribution is 0.0684. The van der Waals surface area contributed by atoms with Gasteiger partial charge < -0.3 is 10.2 Å². The number of nitrogens with zero attached hydrogens (tertiary/aromatic N) is 4. The fourth-order valence-corrected chi connectivity index (χ4v) is 5.27. The Morgan fingerprint density at radius 2 is 1.62 bits per heavy atom. The number of likely N-dealkylation sites (tertiary alicyclic amines) is 1. The van der Waals surface area contributed by atoms with Gasteiger partial charge in [-0.3, -0.25) is 10.1 Å². The fraction of sp³-hybridized carbons (Fsp3) is 0.353. The maximum Gasteiger partial charge on any atom is 0.324 e. The molecule has 3 amide bonds. The third-order valence-corrected chi connectivity index (χ3v) is 7.72. The molecule has 0 radical (unpaired) electrons. The van der Waals surface area contributed by atoms with E-state index in [1.165, 1.54) is 0 Å². The van der Waals surface area contributed by atoms with Crippen LogP contribution >= 0.6 is 0 Å². The molecule has 1 aliphatic heterocycles. The number of pyridine rings is 1. The number of hydrogen-bond donors (Lipinski definition) is 2. The maximum atomic E-state index is 13.1. The Bertz CT molecular complexity index is 1560. The van der Waals surface area contributed by atoms with Crippen molar-refractivity contribution < 1.29 is 9.59 Å². The first-order valence-corrected chi connectivity index (χ1v) is 14.6. The first-order chi connectivity index (χ1) is 20.0. The second-order valence-corrected chi connectivity index (χ2v) is 12.3. The van der Waals surface area contributed by atoms with Gasteiger partial charge in [0.05, 0.1) is 11.4 Å². The Morgan fingerprint density at radius 3 is 2.31 bits per heavy atom. The highest BCUT2D eigenvalue weighted by Gasteiger charge is 2.25. The number of aryl methyl sites for hydroxylation is 2. The van der Waals surface area contributed by atoms with Gasteiger partial charge in [-0.2, -0.15) is 5.10 Å². The van der Waals surface area contributed by atoms with E-state index >= 15 is 0 Å². The molecule has 5 rings (SSSR count). The van der Waals surface area contributed by atoms with Crippen molar-refractivity contribution in [2.24, 2.45) is 5.92 Å². The Morgan fingerprint density at radius 1 is 0.905 bits per heavy atom. The average molecular weight is 565 g/mol. The number of carbonyl (C=O) groups is 2. The SMILES string of the molecule is Cc1ccc(-n2nc(C(C)(C)C)cc2NC(=O)Nc2cccc(CC3CCN(C(=O)c4cccc(C)n4)CC3)c2)cc1. The minimum Gasteiger partial charge on any atom is -0.337 e. The molecule has 1 fully saturated rings. The summed E-state index contributed by atoms with van der Waals surface area (Å²) in [6, 6.07) is 23.3. The van der Waals surface area contributed by atoms with Gasteiger partial charge in [-0.1, -0.05) is 56.7 Å². The van der Waals surface area contributed by atoms with Crippen LogP contribution in [-0.4, -0.2) is 44.7 Å². The fourth-order valence-electron chi connectivity index (χ4n) is 5.27. The highest BCUT2D eigenvalue weighted by molar-refractivity contribution is 5.99. The first-order valence-electron chi connectivity index (χ1n) is 14.6. The molecule has 1 aliphatic rings. The zero-order valence-corrected chi connectivity index (χ0v) is 25.1. The quantitative estimate of drug-likeness (QED) is 0.266. The number of rotatable bonds is 6. The number of hydrogen-bond acceptors (Lipinski definition) is 4. The van der Waals surface area contributed by atoms with Crippen molar-refractivity contribution in [3.63, 3.8) is 0 Å². The van der Waals surface area contributed by atoms with Crippen molar-refractivity contribution in [1.82, 2.24) is 19.7 Å². The summed E-state index contributed by atoms with van der Waals surface area (Å²) in [5.41, 5.74) is 6.04. The molecule has 2 aromatic heterocycles. The molecule has 218 valence electrons. The zero-order valence-electron chi connectivity index (χ0n) is 25.1. The number of benzene rings is 2. The van der Waals surface area contributed by atoms with Crippen molar-refractivity contribution in [3.8, 4) is 5.69 Å². The van der Waals surface area contributed by atoms with Crippen LogP contribution in [0.5, 0.6) is 0 Å². The normalized spacial score (nSPS) is 14.1. The number of urea groups is 1. The maximum absolute atomic E-state index is 13.1. The van der Waals surface area contributed by atoms with Crippen molar-refractivity contribution in [2.45, 2.75) is 59.3 Å². The molecule has 8 heteroatoms. The van der Waals surface area contributed by atoms with Gasteiger partial charge in [0.25, 0.3) is 5.91 Å². The molecule has 42 heavy (non-hydrogen) atoms. The molecule has 1 saturated heterocycles. The van der Waals surface area contributed by atoms with E-state index < -0.39 is 0 Å². The van der Waals surface area contributed by atoms with E-state index in [2.05, 4.69) is 42.5 Å². The van der Waals surface area contributed by atoms with Gasteiger partial charge in [-0.25, -0.2) is 14.5 Å². The lowest BCUT2D eigenvalue weighted by Crippen LogP contribution is -2.39. The molecule has 0 atom stereocenters. The predicted octanol–water partition coefficient (Wildman–Crippen LogP) is 6.92. The van der Waals surface area contributed by atoms with Gasteiger partial charge in [0.2, 0.25) is 0 Å². The van der Waals surface area contributed by atoms with E-state index in [0.29, 0.717) is 17.4 Å². The molecule has 2 aromatic carbocycles. The largest absolute Gasteiger partial charge is 0.337 e. The second kappa shape index (κ2) is 12.2. The highest BCUT2D eigenvalue weighted by atomic mass is 16.2. The Balaban J connectivity index is 1.20. The van der Waals surface area contributed by atoms with Crippen LogP contribution in [0.1, 0.15) is 66.6 Å². The molecule has 0 bridgehead atoms. The minimum absolute atomic E-state index is 0.00713. The lowest BCUT2D eigenvalue weighted by Gasteiger charge is -2.32. The number of aromatic nitrogens is 3. The first kappa shape index (κ1) is 29.0. The number of amides is 3. The Kier molecular flexibility index (Phi) is 8.43. The molecule has 4 aromatic rings. The summed E-state index contributed by atoms with van der Waals surface area (Å²) in [5.74, 6) is 1.09. The highest BCUT2D eigenvalue weighted by Crippen LogP contribution is 2.27. The topological polar surface area (TPSA) is 92.2 Å². The van der Waals surface area contributed by atoms with Gasteiger partial charge >= 0.3 is 6.03 Å². The minimum atomic E-state index is -0.322. The molecule has 8 nitrogen and oxygen atoms in total. The van der Waals surface area contributed by atoms with Crippen LogP contribution in [0.3, 0.4) is 0 Å². The molecule has 3 heterocycles. The van der Waals surface area contributed by atoms with Gasteiger partial charge in [-0.15, -0.1) is 0 Å². The molecule has 0 unspecified atom stereocenters. The molecular weight excluding hydrogens is 524 g/mol. The third kappa shape index (κ3) is 7.05. The van der Waals surface area contributed by atoms with E-state index in [1.54, 1.807) is 10.7 Å². The second-order valence-electron chi connectivity index (χ2n) is 12.3. The van der Waals surface area contributed by atoms with Crippen LogP contribution in [0.4, 0.5) is 16.3 Å². The van der Waals surface area contributed by atoms with Crippen molar-refractivity contribution in [2.75, 3.05) is 23.7 Å². The van der Waals surface area contributed by atoms with Crippen LogP contribution in [0, 0.1) is 19.8 Å². The van der Waals surface area contributed by atoms with E-state index in [0.717, 1.165) is 66.2 Å². The standard InChI is InChI=1S/C34H40N6O2/c1-23-12-14-28(15-13-23)40-31(22-30(38-40)34(3,4)5)37-33(42)36-27-10-7-9-26(21-27)20-25-16-18-39(19-17-25)32(41)29-11-6-8-24(2)35-29/h6-15,21-22,25H,16-20H2,1-5H3,(H2,36,37,42). The van der Waals surface area contributed by atoms with Gasteiger partial charge in [-0.05, 0) is 81.0 Å². The van der Waals surface area contributed by atoms with Crippen LogP contribution in [0.15, 0.2) is 72.8 Å². The summed E-state index contributed by atoms with van der Waals surface area (Å²) < 4.78 is 1.78. The molecule has 2 N–H and O–H groups in total. The van der Waals surface area contributed by atoms with Gasteiger partial charge in [0.1, 0.15) is 11.5 Å². The van der Waals surface area contributed by atoms with E-state index in [-0.39, 0.29) is 17.4 Å². The van der Waals surface area contributed by atoms with Crippen LogP contribution in [0.2, 0.25) is 0 Å². The Hall–Kier alpha value is -4.46. The molecule has 0 aliphatic carbocycles. The monoisotopic (exact) mass is 564 g/mol. The zero-order chi connectivity index (χ0) is 29.9. The third-order valence-electron chi connectivity index (χ3n) is 7.72. The van der Waals surface area contributed by atoms with Gasteiger partial charge in [0, 0.05) is 36.0 Å². The van der Waals surface area contributed by atoms with E-state index in [4.69, 9.17) is 5.10 Å². The summed E-state index contributed by atoms with van der Waals surface area (Å²) >= 11 is 0. The molecular formula is C34H40N6O2. The summed E-state index contributed by atoms with van der Waals surface area (Å²) in [7, 11) is 0.